The lowest BCUT2D eigenvalue weighted by molar-refractivity contribution is -0.130. The SMILES string of the molecule is COc1ccc([C@@H]2[C@@H](CCC(CCO)c3ccc(Cl)cc3)C(=O)N2c2ccccc2)cc1. The molecule has 1 aliphatic heterocycles. The van der Waals surface area contributed by atoms with Gasteiger partial charge in [0.1, 0.15) is 5.75 Å². The lowest BCUT2D eigenvalue weighted by Crippen LogP contribution is -2.55. The van der Waals surface area contributed by atoms with E-state index in [4.69, 9.17) is 16.3 Å². The number of para-hydroxylation sites is 1. The molecule has 1 unspecified atom stereocenters. The van der Waals surface area contributed by atoms with Crippen LogP contribution in [0, 0.1) is 5.92 Å². The second-order valence-corrected chi connectivity index (χ2v) is 8.64. The molecule has 1 N–H and O–H groups in total. The number of carbonyl (C=O) groups is 1. The van der Waals surface area contributed by atoms with Gasteiger partial charge in [-0.05, 0) is 72.7 Å². The summed E-state index contributed by atoms with van der Waals surface area (Å²) in [6, 6.07) is 25.6. The molecule has 1 heterocycles. The maximum atomic E-state index is 13.3. The third-order valence-electron chi connectivity index (χ3n) is 6.35. The Balaban J connectivity index is 1.56. The Labute approximate surface area is 194 Å². The quantitative estimate of drug-likeness (QED) is 0.407. The van der Waals surface area contributed by atoms with Gasteiger partial charge >= 0.3 is 0 Å². The standard InChI is InChI=1S/C27H28ClNO3/c1-32-24-14-9-21(10-15-24)26-25(27(31)29(26)23-5-3-2-4-6-23)16-11-20(17-18-30)19-7-12-22(28)13-8-19/h2-10,12-15,20,25-26,30H,11,16-18H2,1H3/t20?,25-,26-/m1/s1. The Morgan fingerprint density at radius 3 is 2.28 bits per heavy atom. The van der Waals surface area contributed by atoms with Crippen molar-refractivity contribution in [2.45, 2.75) is 31.2 Å². The molecule has 1 fully saturated rings. The minimum atomic E-state index is -0.0999. The molecule has 32 heavy (non-hydrogen) atoms. The zero-order valence-electron chi connectivity index (χ0n) is 18.2. The molecule has 0 spiro atoms. The maximum Gasteiger partial charge on any atom is 0.233 e. The summed E-state index contributed by atoms with van der Waals surface area (Å²) < 4.78 is 5.31. The van der Waals surface area contributed by atoms with E-state index >= 15 is 0 Å². The molecule has 3 aromatic rings. The monoisotopic (exact) mass is 449 g/mol. The van der Waals surface area contributed by atoms with Crippen LogP contribution >= 0.6 is 11.6 Å². The fourth-order valence-corrected chi connectivity index (χ4v) is 4.76. The number of hydrogen-bond donors (Lipinski definition) is 1. The summed E-state index contributed by atoms with van der Waals surface area (Å²) in [4.78, 5) is 15.2. The third kappa shape index (κ3) is 4.67. The van der Waals surface area contributed by atoms with Gasteiger partial charge in [-0.2, -0.15) is 0 Å². The van der Waals surface area contributed by atoms with Gasteiger partial charge in [0.15, 0.2) is 0 Å². The van der Waals surface area contributed by atoms with Crippen molar-refractivity contribution in [3.8, 4) is 5.75 Å². The highest BCUT2D eigenvalue weighted by molar-refractivity contribution is 6.30. The first-order valence-electron chi connectivity index (χ1n) is 11.0. The number of β-lactam (4-membered cyclic amide) rings is 1. The number of aliphatic hydroxyl groups is 1. The van der Waals surface area contributed by atoms with Crippen molar-refractivity contribution < 1.29 is 14.6 Å². The zero-order chi connectivity index (χ0) is 22.5. The van der Waals surface area contributed by atoms with Crippen LogP contribution in [0.5, 0.6) is 5.75 Å². The maximum absolute atomic E-state index is 13.3. The number of aliphatic hydroxyl groups excluding tert-OH is 1. The summed E-state index contributed by atoms with van der Waals surface area (Å²) in [5.74, 6) is 1.04. The van der Waals surface area contributed by atoms with E-state index in [1.165, 1.54) is 0 Å². The molecule has 1 aliphatic rings. The van der Waals surface area contributed by atoms with Crippen molar-refractivity contribution in [3.63, 3.8) is 0 Å². The van der Waals surface area contributed by atoms with Crippen molar-refractivity contribution in [1.29, 1.82) is 0 Å². The highest BCUT2D eigenvalue weighted by atomic mass is 35.5. The number of methoxy groups -OCH3 is 1. The van der Waals surface area contributed by atoms with Gasteiger partial charge < -0.3 is 14.7 Å². The Morgan fingerprint density at radius 1 is 0.969 bits per heavy atom. The van der Waals surface area contributed by atoms with Gasteiger partial charge in [-0.1, -0.05) is 54.1 Å². The predicted molar refractivity (Wildman–Crippen MR) is 128 cm³/mol. The van der Waals surface area contributed by atoms with E-state index in [2.05, 4.69) is 0 Å². The van der Waals surface area contributed by atoms with Crippen LogP contribution in [0.2, 0.25) is 5.02 Å². The number of ether oxygens (including phenoxy) is 1. The van der Waals surface area contributed by atoms with E-state index in [-0.39, 0.29) is 30.4 Å². The molecule has 0 radical (unpaired) electrons. The summed E-state index contributed by atoms with van der Waals surface area (Å²) in [7, 11) is 1.65. The third-order valence-corrected chi connectivity index (χ3v) is 6.60. The zero-order valence-corrected chi connectivity index (χ0v) is 18.9. The van der Waals surface area contributed by atoms with Gasteiger partial charge in [0.2, 0.25) is 5.91 Å². The highest BCUT2D eigenvalue weighted by Gasteiger charge is 2.48. The first kappa shape index (κ1) is 22.4. The number of carbonyl (C=O) groups excluding carboxylic acids is 1. The minimum absolute atomic E-state index is 0.0178. The van der Waals surface area contributed by atoms with Crippen molar-refractivity contribution in [2.24, 2.45) is 5.92 Å². The van der Waals surface area contributed by atoms with Gasteiger partial charge in [0.05, 0.1) is 19.1 Å². The van der Waals surface area contributed by atoms with Gasteiger partial charge in [-0.25, -0.2) is 0 Å². The molecule has 4 nitrogen and oxygen atoms in total. The van der Waals surface area contributed by atoms with E-state index < -0.39 is 0 Å². The summed E-state index contributed by atoms with van der Waals surface area (Å²) in [6.07, 6.45) is 2.25. The second kappa shape index (κ2) is 10.2. The number of amides is 1. The highest BCUT2D eigenvalue weighted by Crippen LogP contribution is 2.46. The molecule has 5 heteroatoms. The van der Waals surface area contributed by atoms with E-state index in [1.54, 1.807) is 7.11 Å². The van der Waals surface area contributed by atoms with E-state index in [0.29, 0.717) is 11.4 Å². The van der Waals surface area contributed by atoms with Crippen LogP contribution in [0.1, 0.15) is 42.3 Å². The number of nitrogens with zero attached hydrogens (tertiary/aromatic N) is 1. The molecule has 4 rings (SSSR count). The van der Waals surface area contributed by atoms with E-state index in [1.807, 2.05) is 83.8 Å². The summed E-state index contributed by atoms with van der Waals surface area (Å²) in [6.45, 7) is 0.115. The van der Waals surface area contributed by atoms with Gasteiger partial charge in [-0.15, -0.1) is 0 Å². The Morgan fingerprint density at radius 2 is 1.66 bits per heavy atom. The van der Waals surface area contributed by atoms with E-state index in [9.17, 15) is 9.90 Å². The molecule has 1 amide bonds. The first-order chi connectivity index (χ1) is 15.6. The molecular weight excluding hydrogens is 422 g/mol. The number of rotatable bonds is 9. The molecule has 3 atom stereocenters. The molecule has 3 aromatic carbocycles. The average Bonchev–Trinajstić information content (AvgIpc) is 2.83. The van der Waals surface area contributed by atoms with Crippen LogP contribution in [0.4, 0.5) is 5.69 Å². The number of anilines is 1. The Bertz CT molecular complexity index is 1020. The molecular formula is C27H28ClNO3. The Kier molecular flexibility index (Phi) is 7.13. The summed E-state index contributed by atoms with van der Waals surface area (Å²) in [5, 5.41) is 10.3. The molecule has 0 saturated carbocycles. The fourth-order valence-electron chi connectivity index (χ4n) is 4.64. The summed E-state index contributed by atoms with van der Waals surface area (Å²) in [5.41, 5.74) is 3.17. The Hall–Kier alpha value is -2.82. The fraction of sp³-hybridized carbons (Fsp3) is 0.296. The van der Waals surface area contributed by atoms with Crippen LogP contribution in [-0.4, -0.2) is 24.7 Å². The smallest absolute Gasteiger partial charge is 0.233 e. The van der Waals surface area contributed by atoms with Crippen molar-refractivity contribution >= 4 is 23.2 Å². The lowest BCUT2D eigenvalue weighted by atomic mass is 9.76. The van der Waals surface area contributed by atoms with Crippen LogP contribution in [0.15, 0.2) is 78.9 Å². The molecule has 0 aliphatic carbocycles. The van der Waals surface area contributed by atoms with Gasteiger partial charge in [0.25, 0.3) is 0 Å². The largest absolute Gasteiger partial charge is 0.497 e. The first-order valence-corrected chi connectivity index (χ1v) is 11.4. The normalized spacial score (nSPS) is 18.8. The molecule has 166 valence electrons. The van der Waals surface area contributed by atoms with Crippen LogP contribution < -0.4 is 9.64 Å². The predicted octanol–water partition coefficient (Wildman–Crippen LogP) is 6.00. The topological polar surface area (TPSA) is 49.8 Å². The van der Waals surface area contributed by atoms with Crippen molar-refractivity contribution in [2.75, 3.05) is 18.6 Å². The van der Waals surface area contributed by atoms with Crippen LogP contribution in [0.3, 0.4) is 0 Å². The lowest BCUT2D eigenvalue weighted by Gasteiger charge is -2.48. The molecule has 1 saturated heterocycles. The second-order valence-electron chi connectivity index (χ2n) is 8.21. The van der Waals surface area contributed by atoms with Gasteiger partial charge in [0, 0.05) is 17.3 Å². The average molecular weight is 450 g/mol. The molecule has 0 bridgehead atoms. The van der Waals surface area contributed by atoms with Crippen LogP contribution in [0.25, 0.3) is 0 Å². The molecule has 0 aromatic heterocycles. The van der Waals surface area contributed by atoms with Gasteiger partial charge in [-0.3, -0.25) is 4.79 Å². The van der Waals surface area contributed by atoms with Crippen LogP contribution in [-0.2, 0) is 4.79 Å². The van der Waals surface area contributed by atoms with E-state index in [0.717, 1.165) is 35.4 Å². The number of benzene rings is 3. The summed E-state index contributed by atoms with van der Waals surface area (Å²) >= 11 is 6.05. The number of hydrogen-bond acceptors (Lipinski definition) is 3. The minimum Gasteiger partial charge on any atom is -0.497 e. The number of halogens is 1. The van der Waals surface area contributed by atoms with Crippen molar-refractivity contribution in [1.82, 2.24) is 0 Å². The van der Waals surface area contributed by atoms with Crippen molar-refractivity contribution in [3.05, 3.63) is 95.0 Å².